The average Bonchev–Trinajstić information content (AvgIpc) is 2.03. The first-order valence-electron chi connectivity index (χ1n) is 4.05. The summed E-state index contributed by atoms with van der Waals surface area (Å²) in [4.78, 5) is 3.42. The Kier molecular flexibility index (Phi) is 6.85. The van der Waals surface area contributed by atoms with E-state index in [9.17, 15) is 0 Å². The quantitative estimate of drug-likeness (QED) is 0.473. The summed E-state index contributed by atoms with van der Waals surface area (Å²) in [6.07, 6.45) is 1.16. The Bertz CT molecular complexity index is 88.5. The van der Waals surface area contributed by atoms with Crippen molar-refractivity contribution in [1.82, 2.24) is 4.98 Å². The molecule has 0 amide bonds. The van der Waals surface area contributed by atoms with Crippen molar-refractivity contribution in [2.75, 3.05) is 20.8 Å². The molecular weight excluding hydrogens is 158 g/mol. The maximum atomic E-state index is 5.14. The van der Waals surface area contributed by atoms with E-state index in [1.807, 2.05) is 0 Å². The smallest absolute Gasteiger partial charge is 0.171 e. The molecule has 0 spiro atoms. The number of methoxy groups -OCH3 is 2. The molecule has 0 aliphatic heterocycles. The van der Waals surface area contributed by atoms with Gasteiger partial charge in [0.1, 0.15) is 0 Å². The first kappa shape index (κ1) is 11.1. The summed E-state index contributed by atoms with van der Waals surface area (Å²) < 4.78 is 10.3. The van der Waals surface area contributed by atoms with Crippen molar-refractivity contribution in [3.05, 3.63) is 0 Å². The minimum absolute atomic E-state index is 0.00144. The van der Waals surface area contributed by atoms with E-state index in [2.05, 4.69) is 18.5 Å². The number of rotatable bonds is 6. The Labute approximate surface area is 70.8 Å². The van der Waals surface area contributed by atoms with Gasteiger partial charge in [-0.1, -0.05) is 13.5 Å². The van der Waals surface area contributed by atoms with Crippen LogP contribution in [0.1, 0.15) is 13.3 Å². The van der Waals surface area contributed by atoms with Crippen LogP contribution < -0.4 is 4.98 Å². The Hall–Kier alpha value is 0.0969. The molecule has 0 bridgehead atoms. The molecule has 0 aliphatic carbocycles. The van der Waals surface area contributed by atoms with Crippen molar-refractivity contribution in [1.29, 1.82) is 0 Å². The summed E-state index contributed by atoms with van der Waals surface area (Å²) in [5, 5.41) is 0. The average molecular weight is 177 g/mol. The van der Waals surface area contributed by atoms with Crippen molar-refractivity contribution >= 4 is 8.96 Å². The third-order valence-electron chi connectivity index (χ3n) is 1.59. The predicted molar refractivity (Wildman–Crippen MR) is 49.1 cm³/mol. The van der Waals surface area contributed by atoms with Crippen LogP contribution in [0, 0.1) is 0 Å². The molecule has 1 unspecified atom stereocenters. The molecule has 0 saturated carbocycles. The van der Waals surface area contributed by atoms with Crippen LogP contribution in [0.3, 0.4) is 0 Å². The van der Waals surface area contributed by atoms with Crippen LogP contribution >= 0.6 is 0 Å². The van der Waals surface area contributed by atoms with Gasteiger partial charge in [0, 0.05) is 14.2 Å². The van der Waals surface area contributed by atoms with Gasteiger partial charge < -0.3 is 14.5 Å². The van der Waals surface area contributed by atoms with E-state index in [4.69, 9.17) is 9.47 Å². The third kappa shape index (κ3) is 4.52. The molecule has 3 nitrogen and oxygen atoms in total. The van der Waals surface area contributed by atoms with Gasteiger partial charge in [-0.15, -0.1) is 0 Å². The second kappa shape index (κ2) is 6.79. The second-order valence-electron chi connectivity index (χ2n) is 2.58. The van der Waals surface area contributed by atoms with Gasteiger partial charge in [-0.3, -0.25) is 0 Å². The molecule has 4 heteroatoms. The molecule has 0 aliphatic rings. The fourth-order valence-electron chi connectivity index (χ4n) is 0.973. The molecule has 0 heterocycles. The third-order valence-corrected chi connectivity index (χ3v) is 3.88. The summed E-state index contributed by atoms with van der Waals surface area (Å²) in [5.41, 5.74) is 0. The van der Waals surface area contributed by atoms with Crippen molar-refractivity contribution < 1.29 is 9.47 Å². The highest BCUT2D eigenvalue weighted by molar-refractivity contribution is 6.55. The summed E-state index contributed by atoms with van der Waals surface area (Å²) in [5.74, 6) is 0.00144. The Morgan fingerprint density at radius 1 is 1.36 bits per heavy atom. The SMILES string of the molecule is CCCN[SiH](C)C(OC)OC. The Balaban J connectivity index is 3.51. The maximum Gasteiger partial charge on any atom is 0.171 e. The van der Waals surface area contributed by atoms with Gasteiger partial charge in [0.2, 0.25) is 0 Å². The van der Waals surface area contributed by atoms with Crippen LogP contribution in [0.25, 0.3) is 0 Å². The predicted octanol–water partition coefficient (Wildman–Crippen LogP) is 0.498. The zero-order valence-corrected chi connectivity index (χ0v) is 9.04. The van der Waals surface area contributed by atoms with E-state index >= 15 is 0 Å². The lowest BCUT2D eigenvalue weighted by Crippen LogP contribution is -2.44. The minimum Gasteiger partial charge on any atom is -0.358 e. The van der Waals surface area contributed by atoms with Crippen molar-refractivity contribution in [2.24, 2.45) is 0 Å². The molecule has 1 N–H and O–H groups in total. The highest BCUT2D eigenvalue weighted by Crippen LogP contribution is 1.94. The summed E-state index contributed by atoms with van der Waals surface area (Å²) >= 11 is 0. The van der Waals surface area contributed by atoms with Crippen LogP contribution in [-0.4, -0.2) is 35.6 Å². The topological polar surface area (TPSA) is 30.5 Å². The van der Waals surface area contributed by atoms with E-state index in [1.165, 1.54) is 0 Å². The molecule has 68 valence electrons. The number of ether oxygens (including phenoxy) is 2. The molecule has 0 rings (SSSR count). The zero-order chi connectivity index (χ0) is 8.69. The van der Waals surface area contributed by atoms with E-state index in [1.54, 1.807) is 14.2 Å². The molecule has 0 aromatic heterocycles. The normalized spacial score (nSPS) is 13.9. The van der Waals surface area contributed by atoms with Gasteiger partial charge in [-0.2, -0.15) is 0 Å². The molecule has 1 atom stereocenters. The number of hydrogen-bond donors (Lipinski definition) is 1. The highest BCUT2D eigenvalue weighted by atomic mass is 28.3. The maximum absolute atomic E-state index is 5.14. The molecule has 0 fully saturated rings. The van der Waals surface area contributed by atoms with Gasteiger partial charge in [-0.05, 0) is 13.0 Å². The first-order chi connectivity index (χ1) is 5.26. The lowest BCUT2D eigenvalue weighted by Gasteiger charge is -2.20. The standard InChI is InChI=1S/C7H19NO2Si/c1-5-6-8-11(4)7(9-2)10-3/h7-8,11H,5-6H2,1-4H3. The van der Waals surface area contributed by atoms with Crippen molar-refractivity contribution in [2.45, 2.75) is 25.8 Å². The molecule has 0 aromatic rings. The molecule has 0 saturated heterocycles. The van der Waals surface area contributed by atoms with Gasteiger partial charge >= 0.3 is 0 Å². The number of nitrogens with one attached hydrogen (secondary N) is 1. The van der Waals surface area contributed by atoms with Crippen LogP contribution in [-0.2, 0) is 9.47 Å². The van der Waals surface area contributed by atoms with Gasteiger partial charge in [-0.25, -0.2) is 0 Å². The molecular formula is C7H19NO2Si. The van der Waals surface area contributed by atoms with Gasteiger partial charge in [0.15, 0.2) is 14.9 Å². The first-order valence-corrected chi connectivity index (χ1v) is 6.45. The van der Waals surface area contributed by atoms with Gasteiger partial charge in [0.25, 0.3) is 0 Å². The van der Waals surface area contributed by atoms with Crippen molar-refractivity contribution in [3.63, 3.8) is 0 Å². The van der Waals surface area contributed by atoms with Gasteiger partial charge in [0.05, 0.1) is 0 Å². The Morgan fingerprint density at radius 2 is 1.91 bits per heavy atom. The van der Waals surface area contributed by atoms with Crippen LogP contribution in [0.5, 0.6) is 0 Å². The van der Waals surface area contributed by atoms with E-state index in [0.717, 1.165) is 13.0 Å². The fraction of sp³-hybridized carbons (Fsp3) is 1.00. The molecule has 0 aromatic carbocycles. The fourth-order valence-corrected chi connectivity index (χ4v) is 2.73. The van der Waals surface area contributed by atoms with E-state index in [0.29, 0.717) is 0 Å². The van der Waals surface area contributed by atoms with E-state index < -0.39 is 8.96 Å². The van der Waals surface area contributed by atoms with E-state index in [-0.39, 0.29) is 5.91 Å². The summed E-state index contributed by atoms with van der Waals surface area (Å²) in [6, 6.07) is 0. The van der Waals surface area contributed by atoms with Crippen LogP contribution in [0.2, 0.25) is 6.55 Å². The molecule has 0 radical (unpaired) electrons. The largest absolute Gasteiger partial charge is 0.358 e. The zero-order valence-electron chi connectivity index (χ0n) is 7.89. The monoisotopic (exact) mass is 177 g/mol. The highest BCUT2D eigenvalue weighted by Gasteiger charge is 2.15. The van der Waals surface area contributed by atoms with Crippen LogP contribution in [0.15, 0.2) is 0 Å². The minimum atomic E-state index is -1.03. The van der Waals surface area contributed by atoms with Crippen LogP contribution in [0.4, 0.5) is 0 Å². The lowest BCUT2D eigenvalue weighted by atomic mass is 10.5. The molecule has 11 heavy (non-hydrogen) atoms. The summed E-state index contributed by atoms with van der Waals surface area (Å²) in [7, 11) is 2.34. The number of hydrogen-bond acceptors (Lipinski definition) is 3. The lowest BCUT2D eigenvalue weighted by molar-refractivity contribution is -0.0479. The Morgan fingerprint density at radius 3 is 2.27 bits per heavy atom. The summed E-state index contributed by atoms with van der Waals surface area (Å²) in [6.45, 7) is 5.41. The second-order valence-corrected chi connectivity index (χ2v) is 5.11. The van der Waals surface area contributed by atoms with Crippen molar-refractivity contribution in [3.8, 4) is 0 Å².